The second-order valence-corrected chi connectivity index (χ2v) is 6.51. The molecule has 1 N–H and O–H groups in total. The Balaban J connectivity index is 1.72. The Kier molecular flexibility index (Phi) is 4.32. The lowest BCUT2D eigenvalue weighted by atomic mass is 10.0. The largest absolute Gasteiger partial charge is 0.497 e. The fourth-order valence-electron chi connectivity index (χ4n) is 3.05. The van der Waals surface area contributed by atoms with E-state index in [0.717, 1.165) is 12.2 Å². The Morgan fingerprint density at radius 3 is 2.67 bits per heavy atom. The fraction of sp³-hybridized carbons (Fsp3) is 0.333. The van der Waals surface area contributed by atoms with Gasteiger partial charge in [0.15, 0.2) is 0 Å². The van der Waals surface area contributed by atoms with Gasteiger partial charge in [-0.1, -0.05) is 34.1 Å². The number of benzene rings is 2. The van der Waals surface area contributed by atoms with E-state index >= 15 is 0 Å². The first-order valence-corrected chi connectivity index (χ1v) is 8.15. The molecule has 1 aliphatic carbocycles. The number of hydrogen-bond donors (Lipinski definition) is 1. The molecule has 2 nitrogen and oxygen atoms in total. The van der Waals surface area contributed by atoms with E-state index in [0.29, 0.717) is 12.1 Å². The highest BCUT2D eigenvalue weighted by atomic mass is 79.9. The van der Waals surface area contributed by atoms with Crippen molar-refractivity contribution in [3.63, 3.8) is 0 Å². The van der Waals surface area contributed by atoms with Crippen LogP contribution in [0.5, 0.6) is 5.75 Å². The molecule has 0 saturated carbocycles. The molecule has 0 fully saturated rings. The quantitative estimate of drug-likeness (QED) is 0.859. The van der Waals surface area contributed by atoms with Crippen LogP contribution in [0.4, 0.5) is 0 Å². The zero-order valence-electron chi connectivity index (χ0n) is 12.4. The average Bonchev–Trinajstić information content (AvgIpc) is 2.89. The highest BCUT2D eigenvalue weighted by Crippen LogP contribution is 2.34. The maximum absolute atomic E-state index is 5.22. The molecule has 0 spiro atoms. The van der Waals surface area contributed by atoms with Gasteiger partial charge in [0, 0.05) is 16.6 Å². The minimum absolute atomic E-state index is 0.329. The predicted molar refractivity (Wildman–Crippen MR) is 89.7 cm³/mol. The van der Waals surface area contributed by atoms with Crippen molar-refractivity contribution in [2.75, 3.05) is 7.11 Å². The molecule has 0 bridgehead atoms. The van der Waals surface area contributed by atoms with Crippen LogP contribution in [0.1, 0.15) is 42.1 Å². The van der Waals surface area contributed by atoms with Gasteiger partial charge < -0.3 is 10.1 Å². The van der Waals surface area contributed by atoms with Gasteiger partial charge in [0.05, 0.1) is 7.11 Å². The number of fused-ring (bicyclic) bond motifs is 1. The summed E-state index contributed by atoms with van der Waals surface area (Å²) in [5.74, 6) is 0.905. The van der Waals surface area contributed by atoms with Crippen LogP contribution in [-0.2, 0) is 6.42 Å². The molecule has 110 valence electrons. The number of halogens is 1. The van der Waals surface area contributed by atoms with Gasteiger partial charge >= 0.3 is 0 Å². The first-order valence-electron chi connectivity index (χ1n) is 7.35. The van der Waals surface area contributed by atoms with Gasteiger partial charge in [-0.3, -0.25) is 0 Å². The van der Waals surface area contributed by atoms with Crippen molar-refractivity contribution < 1.29 is 4.74 Å². The van der Waals surface area contributed by atoms with E-state index in [2.05, 4.69) is 58.5 Å². The average molecular weight is 346 g/mol. The van der Waals surface area contributed by atoms with Crippen molar-refractivity contribution in [1.29, 1.82) is 0 Å². The zero-order chi connectivity index (χ0) is 14.8. The molecule has 0 aliphatic heterocycles. The number of aryl methyl sites for hydroxylation is 1. The molecule has 1 aliphatic rings. The molecule has 0 heterocycles. The minimum atomic E-state index is 0.329. The monoisotopic (exact) mass is 345 g/mol. The molecule has 0 radical (unpaired) electrons. The van der Waals surface area contributed by atoms with Crippen LogP contribution in [0.15, 0.2) is 46.9 Å². The molecule has 0 amide bonds. The summed E-state index contributed by atoms with van der Waals surface area (Å²) in [6.07, 6.45) is 2.33. The Hall–Kier alpha value is -1.32. The Morgan fingerprint density at radius 2 is 1.95 bits per heavy atom. The summed E-state index contributed by atoms with van der Waals surface area (Å²) in [4.78, 5) is 0. The summed E-state index contributed by atoms with van der Waals surface area (Å²) in [5, 5.41) is 3.75. The van der Waals surface area contributed by atoms with Crippen LogP contribution in [0.2, 0.25) is 0 Å². The molecule has 0 aromatic heterocycles. The molecule has 21 heavy (non-hydrogen) atoms. The van der Waals surface area contributed by atoms with Crippen LogP contribution in [0.3, 0.4) is 0 Å². The summed E-state index contributed by atoms with van der Waals surface area (Å²) in [6, 6.07) is 15.7. The van der Waals surface area contributed by atoms with E-state index in [4.69, 9.17) is 4.74 Å². The molecule has 3 heteroatoms. The highest BCUT2D eigenvalue weighted by molar-refractivity contribution is 9.10. The lowest BCUT2D eigenvalue weighted by Crippen LogP contribution is -2.22. The first kappa shape index (κ1) is 14.6. The molecule has 2 aromatic carbocycles. The molecular weight excluding hydrogens is 326 g/mol. The van der Waals surface area contributed by atoms with Gasteiger partial charge in [0.2, 0.25) is 0 Å². The second-order valence-electron chi connectivity index (χ2n) is 5.60. The Bertz CT molecular complexity index is 624. The van der Waals surface area contributed by atoms with Crippen molar-refractivity contribution in [2.24, 2.45) is 0 Å². The third-order valence-corrected chi connectivity index (χ3v) is 4.74. The number of rotatable bonds is 4. The molecule has 3 rings (SSSR count). The van der Waals surface area contributed by atoms with Crippen molar-refractivity contribution in [3.05, 3.63) is 63.6 Å². The first-order chi connectivity index (χ1) is 10.2. The maximum Gasteiger partial charge on any atom is 0.118 e. The van der Waals surface area contributed by atoms with Gasteiger partial charge in [-0.2, -0.15) is 0 Å². The summed E-state index contributed by atoms with van der Waals surface area (Å²) >= 11 is 3.55. The van der Waals surface area contributed by atoms with Crippen molar-refractivity contribution in [3.8, 4) is 5.75 Å². The predicted octanol–water partition coefficient (Wildman–Crippen LogP) is 4.80. The summed E-state index contributed by atoms with van der Waals surface area (Å²) in [5.41, 5.74) is 4.20. The van der Waals surface area contributed by atoms with Crippen molar-refractivity contribution >= 4 is 15.9 Å². The number of hydrogen-bond acceptors (Lipinski definition) is 2. The van der Waals surface area contributed by atoms with E-state index in [1.165, 1.54) is 27.6 Å². The van der Waals surface area contributed by atoms with Crippen LogP contribution in [-0.4, -0.2) is 7.11 Å². The van der Waals surface area contributed by atoms with E-state index in [1.54, 1.807) is 7.11 Å². The topological polar surface area (TPSA) is 21.3 Å². The smallest absolute Gasteiger partial charge is 0.118 e. The van der Waals surface area contributed by atoms with Gasteiger partial charge in [0.1, 0.15) is 5.75 Å². The molecule has 2 atom stereocenters. The summed E-state index contributed by atoms with van der Waals surface area (Å²) < 4.78 is 6.39. The standard InChI is InChI=1S/C18H20BrNO/c1-12(13-3-7-16(21-2)8-4-13)20-18-10-5-14-11-15(19)6-9-17(14)18/h3-4,6-9,11-12,18,20H,5,10H2,1-2H3/t12-,18?/m1/s1. The molecular formula is C18H20BrNO. The van der Waals surface area contributed by atoms with Crippen LogP contribution in [0.25, 0.3) is 0 Å². The van der Waals surface area contributed by atoms with E-state index in [9.17, 15) is 0 Å². The normalized spacial score (nSPS) is 18.3. The van der Waals surface area contributed by atoms with Gasteiger partial charge in [-0.25, -0.2) is 0 Å². The fourth-order valence-corrected chi connectivity index (χ4v) is 3.46. The Morgan fingerprint density at radius 1 is 1.19 bits per heavy atom. The maximum atomic E-state index is 5.22. The molecule has 0 saturated heterocycles. The second kappa shape index (κ2) is 6.20. The van der Waals surface area contributed by atoms with Gasteiger partial charge in [-0.05, 0) is 60.7 Å². The van der Waals surface area contributed by atoms with Crippen LogP contribution < -0.4 is 10.1 Å². The van der Waals surface area contributed by atoms with Gasteiger partial charge in [-0.15, -0.1) is 0 Å². The van der Waals surface area contributed by atoms with Crippen molar-refractivity contribution in [2.45, 2.75) is 31.8 Å². The van der Waals surface area contributed by atoms with Crippen LogP contribution >= 0.6 is 15.9 Å². The van der Waals surface area contributed by atoms with E-state index < -0.39 is 0 Å². The van der Waals surface area contributed by atoms with Crippen molar-refractivity contribution in [1.82, 2.24) is 5.32 Å². The van der Waals surface area contributed by atoms with Gasteiger partial charge in [0.25, 0.3) is 0 Å². The SMILES string of the molecule is COc1ccc([C@@H](C)NC2CCc3cc(Br)ccc32)cc1. The molecule has 1 unspecified atom stereocenters. The zero-order valence-corrected chi connectivity index (χ0v) is 14.0. The van der Waals surface area contributed by atoms with Crippen LogP contribution in [0, 0.1) is 0 Å². The lowest BCUT2D eigenvalue weighted by Gasteiger charge is -2.21. The Labute approximate surface area is 134 Å². The highest BCUT2D eigenvalue weighted by Gasteiger charge is 2.23. The minimum Gasteiger partial charge on any atom is -0.497 e. The third-order valence-electron chi connectivity index (χ3n) is 4.25. The van der Waals surface area contributed by atoms with E-state index in [1.807, 2.05) is 12.1 Å². The molecule has 2 aromatic rings. The third kappa shape index (κ3) is 3.14. The number of nitrogens with one attached hydrogen (secondary N) is 1. The number of methoxy groups -OCH3 is 1. The summed E-state index contributed by atoms with van der Waals surface area (Å²) in [7, 11) is 1.70. The lowest BCUT2D eigenvalue weighted by molar-refractivity contribution is 0.414. The number of ether oxygens (including phenoxy) is 1. The summed E-state index contributed by atoms with van der Waals surface area (Å²) in [6.45, 7) is 2.22. The van der Waals surface area contributed by atoms with E-state index in [-0.39, 0.29) is 0 Å².